The van der Waals surface area contributed by atoms with Crippen LogP contribution >= 0.6 is 0 Å². The van der Waals surface area contributed by atoms with Gasteiger partial charge in [-0.1, -0.05) is 6.07 Å². The molecule has 1 saturated heterocycles. The fourth-order valence-corrected chi connectivity index (χ4v) is 4.55. The van der Waals surface area contributed by atoms with Crippen LogP contribution in [0.4, 0.5) is 11.9 Å². The van der Waals surface area contributed by atoms with Crippen LogP contribution in [0.5, 0.6) is 0 Å². The lowest BCUT2D eigenvalue weighted by atomic mass is 10.0. The number of carbonyl (C=O) groups is 1. The van der Waals surface area contributed by atoms with Crippen LogP contribution in [-0.2, 0) is 11.2 Å². The second kappa shape index (κ2) is 10.3. The van der Waals surface area contributed by atoms with Crippen LogP contribution in [0.2, 0.25) is 0 Å². The van der Waals surface area contributed by atoms with Gasteiger partial charge in [0.15, 0.2) is 11.4 Å². The number of aryl methyl sites for hydroxylation is 1. The molecule has 5 heterocycles. The maximum Gasteiger partial charge on any atom is 0.228 e. The van der Waals surface area contributed by atoms with E-state index in [0.717, 1.165) is 33.5 Å². The van der Waals surface area contributed by atoms with E-state index in [4.69, 9.17) is 20.4 Å². The number of fused-ring (bicyclic) bond motifs is 1. The van der Waals surface area contributed by atoms with Gasteiger partial charge in [0.25, 0.3) is 0 Å². The topological polar surface area (TPSA) is 125 Å². The van der Waals surface area contributed by atoms with E-state index in [1.807, 2.05) is 53.2 Å². The van der Waals surface area contributed by atoms with Gasteiger partial charge in [-0.2, -0.15) is 4.98 Å². The summed E-state index contributed by atoms with van der Waals surface area (Å²) in [5, 5.41) is 0.868. The van der Waals surface area contributed by atoms with E-state index in [0.29, 0.717) is 50.7 Å². The largest absolute Gasteiger partial charge is 0.378 e. The Labute approximate surface area is 219 Å². The summed E-state index contributed by atoms with van der Waals surface area (Å²) in [5.74, 6) is 0.926. The number of hydrogen-bond acceptors (Lipinski definition) is 9. The number of rotatable bonds is 7. The quantitative estimate of drug-likeness (QED) is 0.330. The highest BCUT2D eigenvalue weighted by molar-refractivity contribution is 5.96. The predicted molar refractivity (Wildman–Crippen MR) is 144 cm³/mol. The highest BCUT2D eigenvalue weighted by atomic mass is 16.5. The number of pyridine rings is 1. The van der Waals surface area contributed by atoms with E-state index in [1.165, 1.54) is 0 Å². The smallest absolute Gasteiger partial charge is 0.228 e. The second-order valence-electron chi connectivity index (χ2n) is 9.06. The van der Waals surface area contributed by atoms with E-state index in [1.54, 1.807) is 24.8 Å². The average Bonchev–Trinajstić information content (AvgIpc) is 3.41. The van der Waals surface area contributed by atoms with E-state index in [9.17, 15) is 4.79 Å². The summed E-state index contributed by atoms with van der Waals surface area (Å²) in [7, 11) is 0. The number of nitrogens with zero attached hydrogens (tertiary/aromatic N) is 7. The fourth-order valence-electron chi connectivity index (χ4n) is 4.55. The van der Waals surface area contributed by atoms with Gasteiger partial charge >= 0.3 is 0 Å². The lowest BCUT2D eigenvalue weighted by molar-refractivity contribution is 0.0983. The minimum absolute atomic E-state index is 0.0975. The van der Waals surface area contributed by atoms with Gasteiger partial charge in [0.05, 0.1) is 18.9 Å². The highest BCUT2D eigenvalue weighted by Gasteiger charge is 2.20. The van der Waals surface area contributed by atoms with Crippen LogP contribution in [0.15, 0.2) is 73.4 Å². The minimum atomic E-state index is 0.0975. The zero-order valence-electron chi connectivity index (χ0n) is 20.7. The van der Waals surface area contributed by atoms with E-state index in [-0.39, 0.29) is 11.7 Å². The number of carbonyl (C=O) groups excluding carboxylic acids is 1. The Morgan fingerprint density at radius 1 is 0.974 bits per heavy atom. The van der Waals surface area contributed by atoms with Crippen LogP contribution in [0.25, 0.3) is 28.0 Å². The fraction of sp³-hybridized carbons (Fsp3) is 0.214. The molecular formula is C28H26N8O2. The zero-order chi connectivity index (χ0) is 25.9. The third-order valence-corrected chi connectivity index (χ3v) is 6.60. The Hall–Kier alpha value is -4.70. The third kappa shape index (κ3) is 4.81. The lowest BCUT2D eigenvalue weighted by Crippen LogP contribution is -2.37. The summed E-state index contributed by atoms with van der Waals surface area (Å²) in [6.07, 6.45) is 9.94. The highest BCUT2D eigenvalue weighted by Crippen LogP contribution is 2.30. The molecule has 2 N–H and O–H groups in total. The summed E-state index contributed by atoms with van der Waals surface area (Å²) < 4.78 is 7.53. The van der Waals surface area contributed by atoms with E-state index in [2.05, 4.69) is 19.9 Å². The average molecular weight is 507 g/mol. The third-order valence-electron chi connectivity index (χ3n) is 6.60. The number of ether oxygens (including phenoxy) is 1. The Bertz CT molecular complexity index is 1560. The summed E-state index contributed by atoms with van der Waals surface area (Å²) in [5.41, 5.74) is 10.6. The first-order valence-corrected chi connectivity index (χ1v) is 12.5. The molecule has 1 aliphatic heterocycles. The van der Waals surface area contributed by atoms with Gasteiger partial charge in [0.2, 0.25) is 11.9 Å². The van der Waals surface area contributed by atoms with Crippen LogP contribution in [-0.4, -0.2) is 61.6 Å². The van der Waals surface area contributed by atoms with Crippen molar-refractivity contribution in [1.82, 2.24) is 29.5 Å². The van der Waals surface area contributed by atoms with Crippen LogP contribution in [0, 0.1) is 0 Å². The molecule has 1 fully saturated rings. The van der Waals surface area contributed by atoms with Gasteiger partial charge in [0.1, 0.15) is 0 Å². The minimum Gasteiger partial charge on any atom is -0.378 e. The number of Topliss-reactive ketones (excluding diaryl/α,β-unsaturated/α-hetero) is 1. The molecule has 6 rings (SSSR count). The molecule has 0 amide bonds. The molecule has 0 spiro atoms. The molecule has 1 aliphatic rings. The standard InChI is InChI=1S/C28H26N8O2/c29-27-31-17-21(18-32-27)25-23-9-11-36(26(23)34-28(33-25)35-12-14-38-15-13-35)22-6-4-20(5-7-22)24(37)8-3-19-2-1-10-30-16-19/h1-2,4-7,9-11,16-18H,3,8,12-15H2,(H2,29,31,32). The van der Waals surface area contributed by atoms with Gasteiger partial charge in [-0.3, -0.25) is 9.78 Å². The molecule has 1 aromatic carbocycles. The maximum absolute atomic E-state index is 12.8. The molecule has 38 heavy (non-hydrogen) atoms. The molecule has 5 aromatic rings. The summed E-state index contributed by atoms with van der Waals surface area (Å²) in [4.78, 5) is 37.2. The van der Waals surface area contributed by atoms with Crippen LogP contribution in [0.3, 0.4) is 0 Å². The van der Waals surface area contributed by atoms with Gasteiger partial charge in [-0.05, 0) is 48.4 Å². The van der Waals surface area contributed by atoms with Crippen LogP contribution in [0.1, 0.15) is 22.3 Å². The van der Waals surface area contributed by atoms with Crippen molar-refractivity contribution in [2.24, 2.45) is 0 Å². The van der Waals surface area contributed by atoms with Gasteiger partial charge < -0.3 is 19.9 Å². The zero-order valence-corrected chi connectivity index (χ0v) is 20.7. The van der Waals surface area contributed by atoms with Crippen molar-refractivity contribution in [1.29, 1.82) is 0 Å². The Kier molecular flexibility index (Phi) is 6.45. The van der Waals surface area contributed by atoms with Crippen molar-refractivity contribution in [2.45, 2.75) is 12.8 Å². The van der Waals surface area contributed by atoms with Crippen LogP contribution < -0.4 is 10.6 Å². The van der Waals surface area contributed by atoms with Crippen molar-refractivity contribution >= 4 is 28.7 Å². The molecule has 10 heteroatoms. The molecule has 4 aromatic heterocycles. The SMILES string of the molecule is Nc1ncc(-c2nc(N3CCOCC3)nc3c2ccn3-c2ccc(C(=O)CCc3cccnc3)cc2)cn1. The van der Waals surface area contributed by atoms with Gasteiger partial charge in [-0.15, -0.1) is 0 Å². The molecule has 0 aliphatic carbocycles. The normalized spacial score (nSPS) is 13.6. The first-order valence-electron chi connectivity index (χ1n) is 12.5. The second-order valence-corrected chi connectivity index (χ2v) is 9.06. The number of nitrogens with two attached hydrogens (primary N) is 1. The molecule has 0 saturated carbocycles. The Balaban J connectivity index is 1.33. The predicted octanol–water partition coefficient (Wildman–Crippen LogP) is 3.51. The summed E-state index contributed by atoms with van der Waals surface area (Å²) >= 11 is 0. The molecule has 190 valence electrons. The number of morpholine rings is 1. The molecule has 10 nitrogen and oxygen atoms in total. The summed E-state index contributed by atoms with van der Waals surface area (Å²) in [6, 6.07) is 13.5. The first-order chi connectivity index (χ1) is 18.7. The molecule has 0 bridgehead atoms. The number of benzene rings is 1. The van der Waals surface area contributed by atoms with Gasteiger partial charge in [-0.25, -0.2) is 15.0 Å². The number of aromatic nitrogens is 6. The number of anilines is 2. The summed E-state index contributed by atoms with van der Waals surface area (Å²) in [6.45, 7) is 2.66. The van der Waals surface area contributed by atoms with E-state index >= 15 is 0 Å². The van der Waals surface area contributed by atoms with Crippen molar-refractivity contribution in [3.63, 3.8) is 0 Å². The number of hydrogen-bond donors (Lipinski definition) is 1. The lowest BCUT2D eigenvalue weighted by Gasteiger charge is -2.27. The molecular weight excluding hydrogens is 480 g/mol. The monoisotopic (exact) mass is 506 g/mol. The first kappa shape index (κ1) is 23.7. The number of ketones is 1. The van der Waals surface area contributed by atoms with E-state index < -0.39 is 0 Å². The maximum atomic E-state index is 12.8. The van der Waals surface area contributed by atoms with Gasteiger partial charge in [0, 0.05) is 72.7 Å². The van der Waals surface area contributed by atoms with Crippen molar-refractivity contribution < 1.29 is 9.53 Å². The Morgan fingerprint density at radius 2 is 1.76 bits per heavy atom. The molecule has 0 atom stereocenters. The number of nitrogen functional groups attached to an aromatic ring is 1. The molecule has 0 radical (unpaired) electrons. The Morgan fingerprint density at radius 3 is 2.50 bits per heavy atom. The van der Waals surface area contributed by atoms with Crippen molar-refractivity contribution in [3.8, 4) is 16.9 Å². The van der Waals surface area contributed by atoms with Crippen molar-refractivity contribution in [3.05, 3.63) is 84.6 Å². The molecule has 0 unspecified atom stereocenters. The van der Waals surface area contributed by atoms with Crippen molar-refractivity contribution in [2.75, 3.05) is 36.9 Å².